The van der Waals surface area contributed by atoms with Gasteiger partial charge in [-0.15, -0.1) is 0 Å². The van der Waals surface area contributed by atoms with Crippen molar-refractivity contribution in [2.24, 2.45) is 5.92 Å². The quantitative estimate of drug-likeness (QED) is 0.135. The van der Waals surface area contributed by atoms with E-state index in [2.05, 4.69) is 6.92 Å². The zero-order valence-corrected chi connectivity index (χ0v) is 21.5. The van der Waals surface area contributed by atoms with Crippen LogP contribution >= 0.6 is 0 Å². The van der Waals surface area contributed by atoms with Crippen LogP contribution in [0.1, 0.15) is 113 Å². The normalized spacial score (nSPS) is 14.8. The molecule has 1 aliphatic heterocycles. The molecule has 1 aromatic rings. The van der Waals surface area contributed by atoms with Crippen LogP contribution in [0.15, 0.2) is 18.2 Å². The number of halogens is 4. The SMILES string of the molecule is CCCCCCCCCCCCCCOC(=O)C1CCN(C(=O)c2cc(F)ccc2C(F)(F)F)CC1. The number of hydrogen-bond donors (Lipinski definition) is 0. The Morgan fingerprint density at radius 3 is 1.94 bits per heavy atom. The number of likely N-dealkylation sites (tertiary alicyclic amines) is 1. The number of unbranched alkanes of at least 4 members (excludes halogenated alkanes) is 11. The average Bonchev–Trinajstić information content (AvgIpc) is 2.85. The molecule has 1 fully saturated rings. The maximum Gasteiger partial charge on any atom is 0.417 e. The van der Waals surface area contributed by atoms with Gasteiger partial charge in [-0.25, -0.2) is 4.39 Å². The van der Waals surface area contributed by atoms with Gasteiger partial charge in [-0.05, 0) is 37.5 Å². The van der Waals surface area contributed by atoms with Gasteiger partial charge in [0.25, 0.3) is 5.91 Å². The Kier molecular flexibility index (Phi) is 13.3. The largest absolute Gasteiger partial charge is 0.465 e. The number of piperidine rings is 1. The number of carbonyl (C=O) groups is 2. The standard InChI is InChI=1S/C28H41F4NO3/c1-2-3-4-5-6-7-8-9-10-11-12-13-20-36-27(35)22-16-18-33(19-17-22)26(34)24-21-23(29)14-15-25(24)28(30,31)32/h14-15,21-22H,2-13,16-20H2,1H3. The maximum absolute atomic E-state index is 13.5. The van der Waals surface area contributed by atoms with Crippen molar-refractivity contribution in [1.82, 2.24) is 4.90 Å². The molecule has 8 heteroatoms. The Morgan fingerprint density at radius 2 is 1.42 bits per heavy atom. The van der Waals surface area contributed by atoms with Crippen LogP contribution in [0, 0.1) is 11.7 Å². The first-order chi connectivity index (χ1) is 17.2. The van der Waals surface area contributed by atoms with Gasteiger partial charge >= 0.3 is 12.1 Å². The highest BCUT2D eigenvalue weighted by atomic mass is 19.4. The molecule has 0 saturated carbocycles. The molecule has 2 rings (SSSR count). The number of amides is 1. The van der Waals surface area contributed by atoms with Gasteiger partial charge in [0.15, 0.2) is 0 Å². The molecule has 0 aliphatic carbocycles. The Balaban J connectivity index is 1.59. The fourth-order valence-corrected chi connectivity index (χ4v) is 4.66. The number of hydrogen-bond acceptors (Lipinski definition) is 3. The van der Waals surface area contributed by atoms with E-state index in [1.54, 1.807) is 0 Å². The number of esters is 1. The molecule has 4 nitrogen and oxygen atoms in total. The molecule has 0 radical (unpaired) electrons. The van der Waals surface area contributed by atoms with Crippen LogP contribution in [0.5, 0.6) is 0 Å². The Labute approximate surface area is 212 Å². The van der Waals surface area contributed by atoms with Crippen molar-refractivity contribution in [2.45, 2.75) is 103 Å². The number of nitrogens with zero attached hydrogens (tertiary/aromatic N) is 1. The number of benzene rings is 1. The van der Waals surface area contributed by atoms with E-state index in [4.69, 9.17) is 4.74 Å². The van der Waals surface area contributed by atoms with Crippen LogP contribution in [0.2, 0.25) is 0 Å². The van der Waals surface area contributed by atoms with E-state index in [1.165, 1.54) is 62.7 Å². The first-order valence-corrected chi connectivity index (χ1v) is 13.6. The maximum atomic E-state index is 13.5. The lowest BCUT2D eigenvalue weighted by Crippen LogP contribution is -2.41. The number of alkyl halides is 3. The molecule has 0 N–H and O–H groups in total. The molecule has 36 heavy (non-hydrogen) atoms. The first kappa shape index (κ1) is 30.1. The summed E-state index contributed by atoms with van der Waals surface area (Å²) in [6.45, 7) is 2.86. The fraction of sp³-hybridized carbons (Fsp3) is 0.714. The van der Waals surface area contributed by atoms with E-state index >= 15 is 0 Å². The Morgan fingerprint density at radius 1 is 0.889 bits per heavy atom. The smallest absolute Gasteiger partial charge is 0.417 e. The summed E-state index contributed by atoms with van der Waals surface area (Å²) in [5.41, 5.74) is -1.85. The van der Waals surface area contributed by atoms with Gasteiger partial charge in [0.1, 0.15) is 5.82 Å². The van der Waals surface area contributed by atoms with Crippen LogP contribution in [0.25, 0.3) is 0 Å². The number of rotatable bonds is 15. The summed E-state index contributed by atoms with van der Waals surface area (Å²) in [7, 11) is 0. The van der Waals surface area contributed by atoms with E-state index in [1.807, 2.05) is 0 Å². The molecule has 0 atom stereocenters. The molecule has 1 amide bonds. The zero-order chi connectivity index (χ0) is 26.4. The molecule has 0 aromatic heterocycles. The summed E-state index contributed by atoms with van der Waals surface area (Å²) < 4.78 is 58.6. The van der Waals surface area contributed by atoms with Crippen molar-refractivity contribution in [3.63, 3.8) is 0 Å². The molecule has 0 spiro atoms. The topological polar surface area (TPSA) is 46.6 Å². The summed E-state index contributed by atoms with van der Waals surface area (Å²) in [6.07, 6.45) is 10.6. The van der Waals surface area contributed by atoms with Crippen molar-refractivity contribution in [3.8, 4) is 0 Å². The fourth-order valence-electron chi connectivity index (χ4n) is 4.66. The highest BCUT2D eigenvalue weighted by molar-refractivity contribution is 5.96. The van der Waals surface area contributed by atoms with Gasteiger partial charge in [-0.2, -0.15) is 13.2 Å². The summed E-state index contributed by atoms with van der Waals surface area (Å²) in [5.74, 6) is -2.46. The Hall–Kier alpha value is -2.12. The minimum absolute atomic E-state index is 0.130. The minimum atomic E-state index is -4.76. The average molecular weight is 516 g/mol. The lowest BCUT2D eigenvalue weighted by molar-refractivity contribution is -0.150. The molecule has 1 saturated heterocycles. The van der Waals surface area contributed by atoms with E-state index in [-0.39, 0.29) is 25.0 Å². The van der Waals surface area contributed by atoms with Crippen molar-refractivity contribution < 1.29 is 31.9 Å². The molecular formula is C28H41F4NO3. The van der Waals surface area contributed by atoms with Crippen LogP contribution in [-0.2, 0) is 15.7 Å². The third-order valence-corrected chi connectivity index (χ3v) is 6.88. The molecule has 204 valence electrons. The predicted molar refractivity (Wildman–Crippen MR) is 132 cm³/mol. The van der Waals surface area contributed by atoms with Gasteiger partial charge < -0.3 is 9.64 Å². The monoisotopic (exact) mass is 515 g/mol. The molecular weight excluding hydrogens is 474 g/mol. The lowest BCUT2D eigenvalue weighted by Gasteiger charge is -2.31. The zero-order valence-electron chi connectivity index (χ0n) is 21.5. The van der Waals surface area contributed by atoms with Crippen LogP contribution in [0.3, 0.4) is 0 Å². The summed E-state index contributed by atoms with van der Waals surface area (Å²) in [6, 6.07) is 1.90. The summed E-state index contributed by atoms with van der Waals surface area (Å²) >= 11 is 0. The van der Waals surface area contributed by atoms with Crippen LogP contribution in [-0.4, -0.2) is 36.5 Å². The number of ether oxygens (including phenoxy) is 1. The van der Waals surface area contributed by atoms with Crippen LogP contribution < -0.4 is 0 Å². The highest BCUT2D eigenvalue weighted by Crippen LogP contribution is 2.33. The highest BCUT2D eigenvalue weighted by Gasteiger charge is 2.37. The summed E-state index contributed by atoms with van der Waals surface area (Å²) in [5, 5.41) is 0. The van der Waals surface area contributed by atoms with Crippen molar-refractivity contribution >= 4 is 11.9 Å². The minimum Gasteiger partial charge on any atom is -0.465 e. The third kappa shape index (κ3) is 10.5. The lowest BCUT2D eigenvalue weighted by atomic mass is 9.96. The van der Waals surface area contributed by atoms with E-state index < -0.39 is 29.0 Å². The molecule has 0 unspecified atom stereocenters. The second-order valence-corrected chi connectivity index (χ2v) is 9.81. The predicted octanol–water partition coefficient (Wildman–Crippen LogP) is 7.94. The van der Waals surface area contributed by atoms with E-state index in [0.717, 1.165) is 19.3 Å². The first-order valence-electron chi connectivity index (χ1n) is 13.6. The van der Waals surface area contributed by atoms with E-state index in [9.17, 15) is 27.2 Å². The van der Waals surface area contributed by atoms with Crippen molar-refractivity contribution in [1.29, 1.82) is 0 Å². The van der Waals surface area contributed by atoms with Gasteiger partial charge in [-0.1, -0.05) is 77.6 Å². The van der Waals surface area contributed by atoms with Crippen LogP contribution in [0.4, 0.5) is 17.6 Å². The van der Waals surface area contributed by atoms with E-state index in [0.29, 0.717) is 37.6 Å². The molecule has 0 bridgehead atoms. The molecule has 1 aromatic carbocycles. The molecule has 1 heterocycles. The Bertz CT molecular complexity index is 804. The van der Waals surface area contributed by atoms with Gasteiger partial charge in [0.2, 0.25) is 0 Å². The second kappa shape index (κ2) is 15.9. The summed E-state index contributed by atoms with van der Waals surface area (Å²) in [4.78, 5) is 26.2. The second-order valence-electron chi connectivity index (χ2n) is 9.81. The molecule has 1 aliphatic rings. The van der Waals surface area contributed by atoms with Gasteiger partial charge in [-0.3, -0.25) is 9.59 Å². The third-order valence-electron chi connectivity index (χ3n) is 6.88. The van der Waals surface area contributed by atoms with Gasteiger partial charge in [0.05, 0.1) is 23.7 Å². The van der Waals surface area contributed by atoms with Crippen molar-refractivity contribution in [2.75, 3.05) is 19.7 Å². The van der Waals surface area contributed by atoms with Gasteiger partial charge in [0, 0.05) is 13.1 Å². The van der Waals surface area contributed by atoms with Crippen molar-refractivity contribution in [3.05, 3.63) is 35.1 Å². The number of carbonyl (C=O) groups excluding carboxylic acids is 2.